The van der Waals surface area contributed by atoms with Gasteiger partial charge >= 0.3 is 11.9 Å². The summed E-state index contributed by atoms with van der Waals surface area (Å²) in [6.45, 7) is 2.09. The molecule has 28 heavy (non-hydrogen) atoms. The Kier molecular flexibility index (Phi) is 9.28. The van der Waals surface area contributed by atoms with Crippen LogP contribution in [0.25, 0.3) is 0 Å². The normalized spacial score (nSPS) is 11.5. The number of carbonyl (C=O) groups excluding carboxylic acids is 3. The Labute approximate surface area is 169 Å². The first kappa shape index (κ1) is 21.7. The average molecular weight is 400 g/mol. The lowest BCUT2D eigenvalue weighted by molar-refractivity contribution is -0.157. The molecule has 0 N–H and O–H groups in total. The second-order valence-corrected chi connectivity index (χ2v) is 7.47. The summed E-state index contributed by atoms with van der Waals surface area (Å²) in [7, 11) is 0. The fraction of sp³-hybridized carbons (Fsp3) is 0.318. The van der Waals surface area contributed by atoms with E-state index in [0.717, 1.165) is 22.9 Å². The maximum atomic E-state index is 12.5. The molecule has 0 aromatic heterocycles. The van der Waals surface area contributed by atoms with Gasteiger partial charge in [0.25, 0.3) is 0 Å². The summed E-state index contributed by atoms with van der Waals surface area (Å²) in [5.74, 6) is -1.33. The van der Waals surface area contributed by atoms with Crippen LogP contribution in [0.2, 0.25) is 0 Å². The highest BCUT2D eigenvalue weighted by Gasteiger charge is 2.27. The van der Waals surface area contributed by atoms with Crippen molar-refractivity contribution < 1.29 is 23.9 Å². The van der Waals surface area contributed by atoms with Crippen molar-refractivity contribution in [2.45, 2.75) is 33.0 Å². The Bertz CT molecular complexity index is 761. The predicted molar refractivity (Wildman–Crippen MR) is 108 cm³/mol. The van der Waals surface area contributed by atoms with E-state index in [0.29, 0.717) is 5.75 Å². The third-order valence-corrected chi connectivity index (χ3v) is 4.71. The first-order valence-corrected chi connectivity index (χ1v) is 10.1. The van der Waals surface area contributed by atoms with Crippen molar-refractivity contribution in [2.75, 3.05) is 5.75 Å². The van der Waals surface area contributed by atoms with Crippen molar-refractivity contribution >= 4 is 28.8 Å². The van der Waals surface area contributed by atoms with Crippen molar-refractivity contribution in [1.82, 2.24) is 0 Å². The molecule has 5 nitrogen and oxygen atoms in total. The Hall–Kier alpha value is -2.60. The summed E-state index contributed by atoms with van der Waals surface area (Å²) in [5, 5.41) is -0.139. The highest BCUT2D eigenvalue weighted by Crippen LogP contribution is 2.19. The molecule has 0 aliphatic rings. The van der Waals surface area contributed by atoms with Crippen molar-refractivity contribution in [3.63, 3.8) is 0 Å². The maximum Gasteiger partial charge on any atom is 0.310 e. The van der Waals surface area contributed by atoms with Crippen LogP contribution in [-0.4, -0.2) is 22.8 Å². The fourth-order valence-electron chi connectivity index (χ4n) is 2.50. The SMILES string of the molecule is CCSC(=O)C[C@H](CC(=O)OCc1ccccc1)C(=O)OCc1ccccc1. The molecule has 0 bridgehead atoms. The first-order chi connectivity index (χ1) is 13.6. The zero-order valence-electron chi connectivity index (χ0n) is 15.8. The van der Waals surface area contributed by atoms with Crippen LogP contribution in [0, 0.1) is 5.92 Å². The Balaban J connectivity index is 1.92. The highest BCUT2D eigenvalue weighted by molar-refractivity contribution is 8.13. The van der Waals surface area contributed by atoms with Crippen LogP contribution in [-0.2, 0) is 37.1 Å². The maximum absolute atomic E-state index is 12.5. The molecule has 0 saturated heterocycles. The molecule has 148 valence electrons. The van der Waals surface area contributed by atoms with Gasteiger partial charge in [0, 0.05) is 6.42 Å². The van der Waals surface area contributed by atoms with Gasteiger partial charge in [0.2, 0.25) is 0 Å². The van der Waals surface area contributed by atoms with Crippen molar-refractivity contribution in [3.05, 3.63) is 71.8 Å². The smallest absolute Gasteiger partial charge is 0.310 e. The first-order valence-electron chi connectivity index (χ1n) is 9.14. The number of ether oxygens (including phenoxy) is 2. The summed E-state index contributed by atoms with van der Waals surface area (Å²) < 4.78 is 10.6. The molecule has 0 amide bonds. The van der Waals surface area contributed by atoms with Crippen LogP contribution in [0.5, 0.6) is 0 Å². The highest BCUT2D eigenvalue weighted by atomic mass is 32.2. The lowest BCUT2D eigenvalue weighted by atomic mass is 10.0. The van der Waals surface area contributed by atoms with E-state index in [4.69, 9.17) is 9.47 Å². The van der Waals surface area contributed by atoms with Crippen LogP contribution >= 0.6 is 11.8 Å². The van der Waals surface area contributed by atoms with Crippen LogP contribution in [0.4, 0.5) is 0 Å². The molecular formula is C22H24O5S. The molecule has 0 radical (unpaired) electrons. The van der Waals surface area contributed by atoms with E-state index >= 15 is 0 Å². The van der Waals surface area contributed by atoms with Gasteiger partial charge in [0.1, 0.15) is 13.2 Å². The molecule has 0 saturated carbocycles. The number of thioether (sulfide) groups is 1. The van der Waals surface area contributed by atoms with E-state index in [1.54, 1.807) is 0 Å². The molecule has 0 fully saturated rings. The number of carbonyl (C=O) groups is 3. The molecule has 2 aromatic rings. The Morgan fingerprint density at radius 1 is 0.821 bits per heavy atom. The second-order valence-electron chi connectivity index (χ2n) is 6.15. The number of benzene rings is 2. The quantitative estimate of drug-likeness (QED) is 0.558. The van der Waals surface area contributed by atoms with Gasteiger partial charge in [0.15, 0.2) is 5.12 Å². The number of esters is 2. The van der Waals surface area contributed by atoms with E-state index in [9.17, 15) is 14.4 Å². The van der Waals surface area contributed by atoms with Crippen LogP contribution in [0.1, 0.15) is 30.9 Å². The summed E-state index contributed by atoms with van der Waals surface area (Å²) in [6.07, 6.45) is -0.233. The number of hydrogen-bond donors (Lipinski definition) is 0. The van der Waals surface area contributed by atoms with Gasteiger partial charge < -0.3 is 9.47 Å². The van der Waals surface area contributed by atoms with E-state index in [2.05, 4.69) is 0 Å². The molecule has 2 rings (SSSR count). The minimum atomic E-state index is -0.849. The Morgan fingerprint density at radius 2 is 1.36 bits per heavy atom. The van der Waals surface area contributed by atoms with Crippen LogP contribution < -0.4 is 0 Å². The molecule has 0 heterocycles. The molecule has 0 spiro atoms. The molecule has 1 atom stereocenters. The van der Waals surface area contributed by atoms with Crippen molar-refractivity contribution in [2.24, 2.45) is 5.92 Å². The minimum absolute atomic E-state index is 0.0490. The monoisotopic (exact) mass is 400 g/mol. The lowest BCUT2D eigenvalue weighted by Crippen LogP contribution is -2.24. The van der Waals surface area contributed by atoms with Gasteiger partial charge in [-0.2, -0.15) is 0 Å². The van der Waals surface area contributed by atoms with E-state index in [1.807, 2.05) is 67.6 Å². The molecular weight excluding hydrogens is 376 g/mol. The molecule has 6 heteroatoms. The van der Waals surface area contributed by atoms with E-state index in [1.165, 1.54) is 0 Å². The third-order valence-electron chi connectivity index (χ3n) is 3.93. The average Bonchev–Trinajstić information content (AvgIpc) is 2.71. The van der Waals surface area contributed by atoms with Gasteiger partial charge in [-0.05, 0) is 16.9 Å². The lowest BCUT2D eigenvalue weighted by Gasteiger charge is -2.15. The summed E-state index contributed by atoms with van der Waals surface area (Å²) in [6, 6.07) is 18.5. The summed E-state index contributed by atoms with van der Waals surface area (Å²) in [5.41, 5.74) is 1.70. The van der Waals surface area contributed by atoms with Gasteiger partial charge in [0.05, 0.1) is 12.3 Å². The minimum Gasteiger partial charge on any atom is -0.461 e. The zero-order chi connectivity index (χ0) is 20.2. The number of rotatable bonds is 10. The third kappa shape index (κ3) is 7.96. The van der Waals surface area contributed by atoms with Gasteiger partial charge in [-0.15, -0.1) is 0 Å². The topological polar surface area (TPSA) is 69.7 Å². The molecule has 0 aliphatic heterocycles. The molecule has 2 aromatic carbocycles. The Morgan fingerprint density at radius 3 is 1.89 bits per heavy atom. The fourth-order valence-corrected chi connectivity index (χ4v) is 3.15. The van der Waals surface area contributed by atoms with Crippen molar-refractivity contribution in [1.29, 1.82) is 0 Å². The van der Waals surface area contributed by atoms with E-state index < -0.39 is 17.9 Å². The molecule has 0 aliphatic carbocycles. The van der Waals surface area contributed by atoms with Crippen molar-refractivity contribution in [3.8, 4) is 0 Å². The molecule has 0 unspecified atom stereocenters. The second kappa shape index (κ2) is 12.0. The largest absolute Gasteiger partial charge is 0.461 e. The van der Waals surface area contributed by atoms with Gasteiger partial charge in [-0.3, -0.25) is 14.4 Å². The van der Waals surface area contributed by atoms with Gasteiger partial charge in [-0.1, -0.05) is 79.3 Å². The van der Waals surface area contributed by atoms with Crippen LogP contribution in [0.15, 0.2) is 60.7 Å². The van der Waals surface area contributed by atoms with Crippen LogP contribution in [0.3, 0.4) is 0 Å². The summed E-state index contributed by atoms with van der Waals surface area (Å²) in [4.78, 5) is 36.7. The standard InChI is InChI=1S/C22H24O5S/c1-2-28-21(24)14-19(22(25)27-16-18-11-7-4-8-12-18)13-20(23)26-15-17-9-5-3-6-10-17/h3-12,19H,2,13-16H2,1H3/t19-/m0/s1. The van der Waals surface area contributed by atoms with E-state index in [-0.39, 0.29) is 31.2 Å². The zero-order valence-corrected chi connectivity index (χ0v) is 16.7. The van der Waals surface area contributed by atoms with Gasteiger partial charge in [-0.25, -0.2) is 0 Å². The predicted octanol–water partition coefficient (Wildman–Crippen LogP) is 4.15. The summed E-state index contributed by atoms with van der Waals surface area (Å²) >= 11 is 1.13. The number of hydrogen-bond acceptors (Lipinski definition) is 6.